The van der Waals surface area contributed by atoms with E-state index in [1.807, 2.05) is 0 Å². The van der Waals surface area contributed by atoms with Crippen LogP contribution in [-0.2, 0) is 9.53 Å². The zero-order valence-electron chi connectivity index (χ0n) is 9.27. The Bertz CT molecular complexity index is 448. The first-order valence-corrected chi connectivity index (χ1v) is 4.93. The van der Waals surface area contributed by atoms with Gasteiger partial charge in [-0.1, -0.05) is 6.92 Å². The van der Waals surface area contributed by atoms with Crippen molar-refractivity contribution in [3.63, 3.8) is 0 Å². The number of amides is 1. The van der Waals surface area contributed by atoms with Gasteiger partial charge in [0, 0.05) is 0 Å². The molecule has 0 aliphatic carbocycles. The second kappa shape index (κ2) is 5.29. The molecule has 0 bridgehead atoms. The average molecular weight is 240 g/mol. The number of carbonyl (C=O) groups is 2. The van der Waals surface area contributed by atoms with E-state index >= 15 is 0 Å². The van der Waals surface area contributed by atoms with Gasteiger partial charge in [0.25, 0.3) is 0 Å². The summed E-state index contributed by atoms with van der Waals surface area (Å²) in [5, 5.41) is 0. The Morgan fingerprint density at radius 1 is 1.47 bits per heavy atom. The SMILES string of the molecule is CC(COC(=O)c1ccc(F)c(N)c1)C(N)=O. The molecular formula is C11H13FN2O3. The predicted molar refractivity (Wildman–Crippen MR) is 59.5 cm³/mol. The van der Waals surface area contributed by atoms with Crippen LogP contribution >= 0.6 is 0 Å². The molecule has 0 spiro atoms. The van der Waals surface area contributed by atoms with Crippen molar-refractivity contribution in [1.29, 1.82) is 0 Å². The lowest BCUT2D eigenvalue weighted by molar-refractivity contribution is -0.122. The van der Waals surface area contributed by atoms with Crippen molar-refractivity contribution in [3.8, 4) is 0 Å². The molecule has 1 aromatic rings. The van der Waals surface area contributed by atoms with Crippen molar-refractivity contribution in [2.75, 3.05) is 12.3 Å². The van der Waals surface area contributed by atoms with Gasteiger partial charge in [-0.25, -0.2) is 9.18 Å². The molecule has 1 atom stereocenters. The van der Waals surface area contributed by atoms with Gasteiger partial charge < -0.3 is 16.2 Å². The summed E-state index contributed by atoms with van der Waals surface area (Å²) in [6.07, 6.45) is 0. The molecule has 0 aliphatic rings. The topological polar surface area (TPSA) is 95.4 Å². The van der Waals surface area contributed by atoms with Crippen molar-refractivity contribution >= 4 is 17.6 Å². The molecule has 0 heterocycles. The molecule has 1 amide bonds. The molecule has 0 radical (unpaired) electrons. The van der Waals surface area contributed by atoms with Gasteiger partial charge >= 0.3 is 5.97 Å². The zero-order chi connectivity index (χ0) is 13.0. The summed E-state index contributed by atoms with van der Waals surface area (Å²) in [4.78, 5) is 22.2. The Morgan fingerprint density at radius 3 is 2.65 bits per heavy atom. The Morgan fingerprint density at radius 2 is 2.12 bits per heavy atom. The Hall–Kier alpha value is -2.11. The summed E-state index contributed by atoms with van der Waals surface area (Å²) >= 11 is 0. The fourth-order valence-electron chi connectivity index (χ4n) is 1.04. The van der Waals surface area contributed by atoms with Gasteiger partial charge in [-0.3, -0.25) is 4.79 Å². The molecule has 0 aliphatic heterocycles. The number of hydrogen-bond acceptors (Lipinski definition) is 4. The van der Waals surface area contributed by atoms with Gasteiger partial charge in [0.05, 0.1) is 17.2 Å². The van der Waals surface area contributed by atoms with Crippen LogP contribution in [0.15, 0.2) is 18.2 Å². The number of anilines is 1. The lowest BCUT2D eigenvalue weighted by atomic mass is 10.2. The number of carbonyl (C=O) groups excluding carboxylic acids is 2. The molecule has 0 saturated carbocycles. The van der Waals surface area contributed by atoms with Crippen LogP contribution in [-0.4, -0.2) is 18.5 Å². The van der Waals surface area contributed by atoms with Crippen LogP contribution in [0.2, 0.25) is 0 Å². The number of benzene rings is 1. The molecule has 1 rings (SSSR count). The van der Waals surface area contributed by atoms with Crippen LogP contribution in [0.3, 0.4) is 0 Å². The van der Waals surface area contributed by atoms with Crippen LogP contribution in [0.1, 0.15) is 17.3 Å². The van der Waals surface area contributed by atoms with Crippen molar-refractivity contribution in [2.24, 2.45) is 11.7 Å². The molecule has 0 fully saturated rings. The molecule has 0 aromatic heterocycles. The molecule has 92 valence electrons. The number of nitrogen functional groups attached to an aromatic ring is 1. The summed E-state index contributed by atoms with van der Waals surface area (Å²) in [7, 11) is 0. The fourth-order valence-corrected chi connectivity index (χ4v) is 1.04. The standard InChI is InChI=1S/C11H13FN2O3/c1-6(10(14)15)5-17-11(16)7-2-3-8(12)9(13)4-7/h2-4,6H,5,13H2,1H3,(H2,14,15). The molecule has 6 heteroatoms. The smallest absolute Gasteiger partial charge is 0.338 e. The normalized spacial score (nSPS) is 11.9. The Balaban J connectivity index is 2.64. The third-order valence-electron chi connectivity index (χ3n) is 2.18. The van der Waals surface area contributed by atoms with Crippen molar-refractivity contribution < 1.29 is 18.7 Å². The van der Waals surface area contributed by atoms with Gasteiger partial charge in [-0.2, -0.15) is 0 Å². The lowest BCUT2D eigenvalue weighted by Gasteiger charge is -2.09. The van der Waals surface area contributed by atoms with E-state index in [2.05, 4.69) is 0 Å². The van der Waals surface area contributed by atoms with Gasteiger partial charge in [0.15, 0.2) is 0 Å². The molecule has 4 N–H and O–H groups in total. The number of hydrogen-bond donors (Lipinski definition) is 2. The van der Waals surface area contributed by atoms with Crippen LogP contribution in [0.25, 0.3) is 0 Å². The largest absolute Gasteiger partial charge is 0.461 e. The lowest BCUT2D eigenvalue weighted by Crippen LogP contribution is -2.25. The molecule has 1 aromatic carbocycles. The zero-order valence-corrected chi connectivity index (χ0v) is 9.27. The van der Waals surface area contributed by atoms with E-state index in [9.17, 15) is 14.0 Å². The molecule has 5 nitrogen and oxygen atoms in total. The minimum Gasteiger partial charge on any atom is -0.461 e. The monoisotopic (exact) mass is 240 g/mol. The maximum atomic E-state index is 12.8. The van der Waals surface area contributed by atoms with Crippen LogP contribution < -0.4 is 11.5 Å². The van der Waals surface area contributed by atoms with Crippen LogP contribution in [0, 0.1) is 11.7 Å². The van der Waals surface area contributed by atoms with Crippen LogP contribution in [0.4, 0.5) is 10.1 Å². The van der Waals surface area contributed by atoms with E-state index < -0.39 is 23.6 Å². The first kappa shape index (κ1) is 13.0. The third-order valence-corrected chi connectivity index (χ3v) is 2.18. The average Bonchev–Trinajstić information content (AvgIpc) is 2.28. The number of halogens is 1. The van der Waals surface area contributed by atoms with Gasteiger partial charge in [0.1, 0.15) is 12.4 Å². The summed E-state index contributed by atoms with van der Waals surface area (Å²) in [6, 6.07) is 3.50. The summed E-state index contributed by atoms with van der Waals surface area (Å²) < 4.78 is 17.7. The number of nitrogens with two attached hydrogens (primary N) is 2. The molecule has 1 unspecified atom stereocenters. The van der Waals surface area contributed by atoms with Gasteiger partial charge in [-0.05, 0) is 18.2 Å². The number of ether oxygens (including phenoxy) is 1. The summed E-state index contributed by atoms with van der Waals surface area (Å²) in [5.41, 5.74) is 10.3. The van der Waals surface area contributed by atoms with E-state index in [-0.39, 0.29) is 17.9 Å². The highest BCUT2D eigenvalue weighted by atomic mass is 19.1. The maximum Gasteiger partial charge on any atom is 0.338 e. The van der Waals surface area contributed by atoms with Gasteiger partial charge in [0.2, 0.25) is 5.91 Å². The van der Waals surface area contributed by atoms with Crippen molar-refractivity contribution in [1.82, 2.24) is 0 Å². The second-order valence-corrected chi connectivity index (χ2v) is 3.64. The van der Waals surface area contributed by atoms with Crippen molar-refractivity contribution in [3.05, 3.63) is 29.6 Å². The minimum absolute atomic E-state index is 0.120. The van der Waals surface area contributed by atoms with E-state index in [0.717, 1.165) is 6.07 Å². The fraction of sp³-hybridized carbons (Fsp3) is 0.273. The predicted octanol–water partition coefficient (Wildman–Crippen LogP) is 0.686. The number of rotatable bonds is 4. The molecule has 17 heavy (non-hydrogen) atoms. The molecular weight excluding hydrogens is 227 g/mol. The van der Waals surface area contributed by atoms with E-state index in [0.29, 0.717) is 0 Å². The Kier molecular flexibility index (Phi) is 4.03. The van der Waals surface area contributed by atoms with Crippen molar-refractivity contribution in [2.45, 2.75) is 6.92 Å². The maximum absolute atomic E-state index is 12.8. The Labute approximate surface area is 97.5 Å². The first-order chi connectivity index (χ1) is 7.91. The van der Waals surface area contributed by atoms with E-state index in [4.69, 9.17) is 16.2 Å². The number of primary amides is 1. The highest BCUT2D eigenvalue weighted by Crippen LogP contribution is 2.13. The van der Waals surface area contributed by atoms with Gasteiger partial charge in [-0.15, -0.1) is 0 Å². The van der Waals surface area contributed by atoms with Crippen LogP contribution in [0.5, 0.6) is 0 Å². The molecule has 0 saturated heterocycles. The second-order valence-electron chi connectivity index (χ2n) is 3.64. The van der Waals surface area contributed by atoms with E-state index in [1.54, 1.807) is 0 Å². The summed E-state index contributed by atoms with van der Waals surface area (Å²) in [6.45, 7) is 1.42. The highest BCUT2D eigenvalue weighted by Gasteiger charge is 2.14. The quantitative estimate of drug-likeness (QED) is 0.597. The summed E-state index contributed by atoms with van der Waals surface area (Å²) in [5.74, 6) is -2.41. The number of esters is 1. The van der Waals surface area contributed by atoms with E-state index in [1.165, 1.54) is 19.1 Å². The highest BCUT2D eigenvalue weighted by molar-refractivity contribution is 5.90. The minimum atomic E-state index is -0.676. The third kappa shape index (κ3) is 3.44. The first-order valence-electron chi connectivity index (χ1n) is 4.93.